The standard InChI is InChI=1S/C13H14ClN3O2S/c1-19-8-17-7-9(6-15-17)16-13(18)11-5-10(20-2)3-4-12(11)14/h3-7H,8H2,1-2H3,(H,16,18). The maximum atomic E-state index is 12.2. The summed E-state index contributed by atoms with van der Waals surface area (Å²) < 4.78 is 6.52. The van der Waals surface area contributed by atoms with Crippen LogP contribution in [0.1, 0.15) is 10.4 Å². The summed E-state index contributed by atoms with van der Waals surface area (Å²) in [6.07, 6.45) is 5.19. The van der Waals surface area contributed by atoms with Crippen LogP contribution in [-0.4, -0.2) is 29.1 Å². The average Bonchev–Trinajstić information content (AvgIpc) is 2.87. The minimum absolute atomic E-state index is 0.261. The highest BCUT2D eigenvalue weighted by Crippen LogP contribution is 2.23. The molecule has 106 valence electrons. The zero-order chi connectivity index (χ0) is 14.5. The van der Waals surface area contributed by atoms with E-state index >= 15 is 0 Å². The van der Waals surface area contributed by atoms with E-state index in [0.29, 0.717) is 23.0 Å². The molecule has 0 fully saturated rings. The third-order valence-electron chi connectivity index (χ3n) is 2.57. The lowest BCUT2D eigenvalue weighted by Crippen LogP contribution is -2.12. The minimum Gasteiger partial charge on any atom is -0.362 e. The van der Waals surface area contributed by atoms with Crippen molar-refractivity contribution in [1.29, 1.82) is 0 Å². The number of hydrogen-bond acceptors (Lipinski definition) is 4. The number of carbonyl (C=O) groups is 1. The van der Waals surface area contributed by atoms with Crippen LogP contribution in [0.3, 0.4) is 0 Å². The quantitative estimate of drug-likeness (QED) is 0.862. The second kappa shape index (κ2) is 6.78. The maximum absolute atomic E-state index is 12.2. The molecule has 0 atom stereocenters. The van der Waals surface area contributed by atoms with E-state index < -0.39 is 0 Å². The monoisotopic (exact) mass is 311 g/mol. The molecule has 0 radical (unpaired) electrons. The molecule has 1 aromatic heterocycles. The molecule has 5 nitrogen and oxygen atoms in total. The molecular formula is C13H14ClN3O2S. The zero-order valence-corrected chi connectivity index (χ0v) is 12.7. The van der Waals surface area contributed by atoms with Crippen molar-refractivity contribution in [3.8, 4) is 0 Å². The van der Waals surface area contributed by atoms with Crippen LogP contribution in [0, 0.1) is 0 Å². The molecule has 1 N–H and O–H groups in total. The van der Waals surface area contributed by atoms with Gasteiger partial charge in [0.05, 0.1) is 28.7 Å². The number of methoxy groups -OCH3 is 1. The van der Waals surface area contributed by atoms with Crippen molar-refractivity contribution >= 4 is 35.0 Å². The molecule has 0 saturated heterocycles. The van der Waals surface area contributed by atoms with Crippen molar-refractivity contribution in [2.45, 2.75) is 11.6 Å². The fourth-order valence-electron chi connectivity index (χ4n) is 1.63. The normalized spacial score (nSPS) is 10.6. The van der Waals surface area contributed by atoms with Crippen LogP contribution in [-0.2, 0) is 11.5 Å². The van der Waals surface area contributed by atoms with Gasteiger partial charge in [-0.05, 0) is 24.5 Å². The van der Waals surface area contributed by atoms with Gasteiger partial charge in [0, 0.05) is 12.0 Å². The van der Waals surface area contributed by atoms with Gasteiger partial charge in [0.15, 0.2) is 0 Å². The number of aromatic nitrogens is 2. The number of nitrogens with one attached hydrogen (secondary N) is 1. The lowest BCUT2D eigenvalue weighted by molar-refractivity contribution is 0.102. The highest BCUT2D eigenvalue weighted by atomic mass is 35.5. The Morgan fingerprint density at radius 3 is 3.05 bits per heavy atom. The number of hydrogen-bond donors (Lipinski definition) is 1. The molecule has 0 aliphatic heterocycles. The van der Waals surface area contributed by atoms with Crippen LogP contribution in [0.15, 0.2) is 35.5 Å². The van der Waals surface area contributed by atoms with Crippen molar-refractivity contribution < 1.29 is 9.53 Å². The van der Waals surface area contributed by atoms with E-state index in [0.717, 1.165) is 4.90 Å². The summed E-state index contributed by atoms with van der Waals surface area (Å²) in [7, 11) is 1.58. The molecule has 1 aromatic carbocycles. The van der Waals surface area contributed by atoms with Gasteiger partial charge in [-0.15, -0.1) is 11.8 Å². The van der Waals surface area contributed by atoms with E-state index in [1.807, 2.05) is 12.3 Å². The molecule has 0 spiro atoms. The fourth-order valence-corrected chi connectivity index (χ4v) is 2.28. The number of halogens is 1. The molecule has 7 heteroatoms. The van der Waals surface area contributed by atoms with E-state index in [2.05, 4.69) is 10.4 Å². The van der Waals surface area contributed by atoms with Crippen molar-refractivity contribution in [3.63, 3.8) is 0 Å². The third kappa shape index (κ3) is 3.53. The Morgan fingerprint density at radius 1 is 1.55 bits per heavy atom. The van der Waals surface area contributed by atoms with Crippen LogP contribution in [0.4, 0.5) is 5.69 Å². The fraction of sp³-hybridized carbons (Fsp3) is 0.231. The van der Waals surface area contributed by atoms with Crippen molar-refractivity contribution in [1.82, 2.24) is 9.78 Å². The smallest absolute Gasteiger partial charge is 0.257 e. The molecule has 20 heavy (non-hydrogen) atoms. The van der Waals surface area contributed by atoms with Gasteiger partial charge in [-0.2, -0.15) is 5.10 Å². The molecule has 2 aromatic rings. The van der Waals surface area contributed by atoms with Gasteiger partial charge in [0.2, 0.25) is 0 Å². The first-order valence-electron chi connectivity index (χ1n) is 5.80. The van der Waals surface area contributed by atoms with E-state index in [1.54, 1.807) is 48.1 Å². The first-order valence-corrected chi connectivity index (χ1v) is 7.40. The number of nitrogens with zero attached hydrogens (tertiary/aromatic N) is 2. The second-order valence-electron chi connectivity index (χ2n) is 3.99. The number of benzene rings is 1. The summed E-state index contributed by atoms with van der Waals surface area (Å²) in [6, 6.07) is 5.36. The molecule has 2 rings (SSSR count). The summed E-state index contributed by atoms with van der Waals surface area (Å²) in [6.45, 7) is 0.332. The molecule has 0 aliphatic rings. The number of thioether (sulfide) groups is 1. The van der Waals surface area contributed by atoms with E-state index in [-0.39, 0.29) is 5.91 Å². The summed E-state index contributed by atoms with van der Waals surface area (Å²) in [5.74, 6) is -0.261. The molecule has 0 unspecified atom stereocenters. The molecule has 0 bridgehead atoms. The zero-order valence-electron chi connectivity index (χ0n) is 11.1. The molecule has 1 amide bonds. The van der Waals surface area contributed by atoms with Crippen molar-refractivity contribution in [3.05, 3.63) is 41.2 Å². The van der Waals surface area contributed by atoms with Gasteiger partial charge in [0.1, 0.15) is 6.73 Å². The van der Waals surface area contributed by atoms with Gasteiger partial charge < -0.3 is 10.1 Å². The van der Waals surface area contributed by atoms with Gasteiger partial charge in [-0.25, -0.2) is 4.68 Å². The third-order valence-corrected chi connectivity index (χ3v) is 3.63. The molecule has 0 saturated carbocycles. The summed E-state index contributed by atoms with van der Waals surface area (Å²) in [5.41, 5.74) is 1.04. The summed E-state index contributed by atoms with van der Waals surface area (Å²) in [4.78, 5) is 13.2. The minimum atomic E-state index is -0.261. The topological polar surface area (TPSA) is 56.1 Å². The summed E-state index contributed by atoms with van der Waals surface area (Å²) in [5, 5.41) is 7.23. The number of rotatable bonds is 5. The lowest BCUT2D eigenvalue weighted by atomic mass is 10.2. The Kier molecular flexibility index (Phi) is 5.05. The number of carbonyl (C=O) groups excluding carboxylic acids is 1. The Labute approximate surface area is 126 Å². The van der Waals surface area contributed by atoms with Crippen molar-refractivity contribution in [2.75, 3.05) is 18.7 Å². The maximum Gasteiger partial charge on any atom is 0.257 e. The summed E-state index contributed by atoms with van der Waals surface area (Å²) >= 11 is 7.61. The Hall–Kier alpha value is -1.50. The van der Waals surface area contributed by atoms with E-state index in [9.17, 15) is 4.79 Å². The SMILES string of the molecule is COCn1cc(NC(=O)c2cc(SC)ccc2Cl)cn1. The molecular weight excluding hydrogens is 298 g/mol. The first-order chi connectivity index (χ1) is 9.63. The van der Waals surface area contributed by atoms with Crippen LogP contribution in [0.2, 0.25) is 5.02 Å². The number of amides is 1. The Morgan fingerprint density at radius 2 is 2.35 bits per heavy atom. The Bertz CT molecular complexity index is 615. The van der Waals surface area contributed by atoms with Gasteiger partial charge in [-0.3, -0.25) is 4.79 Å². The molecule has 0 aliphatic carbocycles. The molecule has 1 heterocycles. The van der Waals surface area contributed by atoms with Crippen LogP contribution >= 0.6 is 23.4 Å². The van der Waals surface area contributed by atoms with Crippen LogP contribution < -0.4 is 5.32 Å². The highest BCUT2D eigenvalue weighted by molar-refractivity contribution is 7.98. The predicted molar refractivity (Wildman–Crippen MR) is 80.4 cm³/mol. The van der Waals surface area contributed by atoms with Crippen LogP contribution in [0.5, 0.6) is 0 Å². The van der Waals surface area contributed by atoms with Crippen molar-refractivity contribution in [2.24, 2.45) is 0 Å². The first kappa shape index (κ1) is 14.9. The van der Waals surface area contributed by atoms with Gasteiger partial charge >= 0.3 is 0 Å². The lowest BCUT2D eigenvalue weighted by Gasteiger charge is -2.06. The van der Waals surface area contributed by atoms with Crippen LogP contribution in [0.25, 0.3) is 0 Å². The highest BCUT2D eigenvalue weighted by Gasteiger charge is 2.12. The van der Waals surface area contributed by atoms with E-state index in [4.69, 9.17) is 16.3 Å². The number of anilines is 1. The van der Waals surface area contributed by atoms with E-state index in [1.165, 1.54) is 0 Å². The number of ether oxygens (including phenoxy) is 1. The average molecular weight is 312 g/mol. The Balaban J connectivity index is 2.14. The van der Waals surface area contributed by atoms with Gasteiger partial charge in [-0.1, -0.05) is 11.6 Å². The predicted octanol–water partition coefficient (Wildman–Crippen LogP) is 3.11. The largest absolute Gasteiger partial charge is 0.362 e. The second-order valence-corrected chi connectivity index (χ2v) is 5.27. The van der Waals surface area contributed by atoms with Gasteiger partial charge in [0.25, 0.3) is 5.91 Å².